The number of likely N-dealkylation sites (tertiary alicyclic amines) is 1. The topological polar surface area (TPSA) is 60.9 Å². The molecule has 6 heteroatoms. The zero-order valence-electron chi connectivity index (χ0n) is 16.0. The van der Waals surface area contributed by atoms with Crippen LogP contribution in [0.3, 0.4) is 0 Å². The van der Waals surface area contributed by atoms with Gasteiger partial charge in [0, 0.05) is 11.6 Å². The summed E-state index contributed by atoms with van der Waals surface area (Å²) in [4.78, 5) is 2.46. The molecule has 28 heavy (non-hydrogen) atoms. The number of fused-ring (bicyclic) bond motifs is 1. The molecule has 2 aromatic heterocycles. The van der Waals surface area contributed by atoms with Gasteiger partial charge < -0.3 is 18.4 Å². The first-order chi connectivity index (χ1) is 13.8. The lowest BCUT2D eigenvalue weighted by atomic mass is 10.0. The molecule has 4 heterocycles. The molecule has 1 saturated heterocycles. The highest BCUT2D eigenvalue weighted by molar-refractivity contribution is 5.63. The van der Waals surface area contributed by atoms with E-state index in [9.17, 15) is 0 Å². The van der Waals surface area contributed by atoms with Crippen molar-refractivity contribution in [1.29, 1.82) is 0 Å². The molecule has 0 saturated carbocycles. The monoisotopic (exact) mass is 380 g/mol. The second-order valence-corrected chi connectivity index (χ2v) is 7.53. The molecule has 0 bridgehead atoms. The minimum atomic E-state index is 0.236. The fourth-order valence-electron chi connectivity index (χ4n) is 4.09. The van der Waals surface area contributed by atoms with Crippen molar-refractivity contribution in [1.82, 2.24) is 10.1 Å². The second-order valence-electron chi connectivity index (χ2n) is 7.53. The number of aromatic nitrogens is 1. The Labute approximate surface area is 164 Å². The van der Waals surface area contributed by atoms with Crippen LogP contribution in [0.1, 0.15) is 48.9 Å². The Hall–Kier alpha value is -2.73. The number of furan rings is 1. The van der Waals surface area contributed by atoms with Crippen molar-refractivity contribution in [3.8, 4) is 22.8 Å². The Morgan fingerprint density at radius 3 is 2.86 bits per heavy atom. The maximum atomic E-state index is 5.82. The third-order valence-electron chi connectivity index (χ3n) is 5.55. The van der Waals surface area contributed by atoms with Crippen LogP contribution in [0.5, 0.6) is 11.5 Å². The third kappa shape index (κ3) is 3.40. The van der Waals surface area contributed by atoms with E-state index in [0.29, 0.717) is 0 Å². The number of hydrogen-bond acceptors (Lipinski definition) is 6. The first-order valence-electron chi connectivity index (χ1n) is 9.92. The average Bonchev–Trinajstić information content (AvgIpc) is 3.41. The van der Waals surface area contributed by atoms with Gasteiger partial charge >= 0.3 is 0 Å². The normalized spacial score (nSPS) is 19.7. The smallest absolute Gasteiger partial charge is 0.231 e. The standard InChI is InChI=1S/C22H24N2O4/c1-15-6-8-17(27-15)13-24-10-4-2-3-5-19(24)18-12-21(28-23-18)16-7-9-20-22(11-16)26-14-25-20/h6-9,11-12,19H,2-5,10,13-14H2,1H3/t19-/m1/s1. The van der Waals surface area contributed by atoms with E-state index >= 15 is 0 Å². The van der Waals surface area contributed by atoms with Gasteiger partial charge in [0.25, 0.3) is 0 Å². The summed E-state index contributed by atoms with van der Waals surface area (Å²) < 4.78 is 22.4. The van der Waals surface area contributed by atoms with Crippen LogP contribution in [0.4, 0.5) is 0 Å². The zero-order chi connectivity index (χ0) is 18.9. The maximum absolute atomic E-state index is 5.82. The van der Waals surface area contributed by atoms with Crippen molar-refractivity contribution in [2.24, 2.45) is 0 Å². The van der Waals surface area contributed by atoms with Crippen LogP contribution in [-0.2, 0) is 6.54 Å². The lowest BCUT2D eigenvalue weighted by Gasteiger charge is -2.27. The average molecular weight is 380 g/mol. The van der Waals surface area contributed by atoms with Gasteiger partial charge in [-0.15, -0.1) is 0 Å². The molecule has 0 spiro atoms. The van der Waals surface area contributed by atoms with Crippen LogP contribution in [-0.4, -0.2) is 23.4 Å². The van der Waals surface area contributed by atoms with E-state index in [0.717, 1.165) is 59.5 Å². The van der Waals surface area contributed by atoms with Crippen LogP contribution in [0.15, 0.2) is 45.3 Å². The van der Waals surface area contributed by atoms with E-state index in [1.165, 1.54) is 19.3 Å². The third-order valence-corrected chi connectivity index (χ3v) is 5.55. The summed E-state index contributed by atoms with van der Waals surface area (Å²) in [5.74, 6) is 4.23. The van der Waals surface area contributed by atoms with Crippen LogP contribution < -0.4 is 9.47 Å². The second kappa shape index (κ2) is 7.36. The van der Waals surface area contributed by atoms with Gasteiger partial charge in [-0.05, 0) is 56.6 Å². The minimum absolute atomic E-state index is 0.236. The lowest BCUT2D eigenvalue weighted by Crippen LogP contribution is -2.28. The van der Waals surface area contributed by atoms with E-state index in [-0.39, 0.29) is 12.8 Å². The van der Waals surface area contributed by atoms with E-state index in [1.54, 1.807) is 0 Å². The summed E-state index contributed by atoms with van der Waals surface area (Å²) in [6, 6.07) is 12.2. The minimum Gasteiger partial charge on any atom is -0.465 e. The Morgan fingerprint density at radius 1 is 1.04 bits per heavy atom. The van der Waals surface area contributed by atoms with E-state index in [1.807, 2.05) is 31.2 Å². The molecule has 146 valence electrons. The van der Waals surface area contributed by atoms with Gasteiger partial charge in [-0.3, -0.25) is 4.90 Å². The number of rotatable bonds is 4. The molecule has 3 aromatic rings. The molecule has 0 amide bonds. The maximum Gasteiger partial charge on any atom is 0.231 e. The molecule has 0 N–H and O–H groups in total. The number of ether oxygens (including phenoxy) is 2. The summed E-state index contributed by atoms with van der Waals surface area (Å²) in [5, 5.41) is 4.43. The highest BCUT2D eigenvalue weighted by Gasteiger charge is 2.27. The predicted octanol–water partition coefficient (Wildman–Crippen LogP) is 5.09. The summed E-state index contributed by atoms with van der Waals surface area (Å²) in [5.41, 5.74) is 1.93. The Morgan fingerprint density at radius 2 is 1.96 bits per heavy atom. The Balaban J connectivity index is 1.40. The molecule has 1 atom stereocenters. The number of hydrogen-bond donors (Lipinski definition) is 0. The van der Waals surface area contributed by atoms with Gasteiger partial charge in [0.05, 0.1) is 12.6 Å². The van der Waals surface area contributed by atoms with Crippen molar-refractivity contribution in [3.63, 3.8) is 0 Å². The first kappa shape index (κ1) is 17.4. The molecule has 0 aliphatic carbocycles. The molecule has 5 rings (SSSR count). The molecule has 2 aliphatic rings. The Bertz CT molecular complexity index is 961. The van der Waals surface area contributed by atoms with Crippen LogP contribution in [0.25, 0.3) is 11.3 Å². The summed E-state index contributed by atoms with van der Waals surface area (Å²) in [7, 11) is 0. The van der Waals surface area contributed by atoms with Crippen LogP contribution in [0.2, 0.25) is 0 Å². The van der Waals surface area contributed by atoms with Crippen molar-refractivity contribution in [2.45, 2.75) is 45.2 Å². The SMILES string of the molecule is Cc1ccc(CN2CCCCC[C@@H]2c2cc(-c3ccc4c(c3)OCO4)on2)o1. The molecule has 2 aliphatic heterocycles. The number of nitrogens with zero attached hydrogens (tertiary/aromatic N) is 2. The fourth-order valence-corrected chi connectivity index (χ4v) is 4.09. The van der Waals surface area contributed by atoms with E-state index in [4.69, 9.17) is 18.4 Å². The predicted molar refractivity (Wildman–Crippen MR) is 103 cm³/mol. The van der Waals surface area contributed by atoms with Gasteiger partial charge in [-0.2, -0.15) is 0 Å². The summed E-state index contributed by atoms with van der Waals surface area (Å²) in [6.45, 7) is 4.09. The van der Waals surface area contributed by atoms with Crippen molar-refractivity contribution >= 4 is 0 Å². The number of benzene rings is 1. The van der Waals surface area contributed by atoms with E-state index in [2.05, 4.69) is 22.2 Å². The highest BCUT2D eigenvalue weighted by atomic mass is 16.7. The molecule has 0 unspecified atom stereocenters. The quantitative estimate of drug-likeness (QED) is 0.628. The molecule has 0 radical (unpaired) electrons. The largest absolute Gasteiger partial charge is 0.465 e. The molecular weight excluding hydrogens is 356 g/mol. The van der Waals surface area contributed by atoms with Gasteiger partial charge in [0.2, 0.25) is 6.79 Å². The lowest BCUT2D eigenvalue weighted by molar-refractivity contribution is 0.170. The van der Waals surface area contributed by atoms with Gasteiger partial charge in [0.1, 0.15) is 17.2 Å². The zero-order valence-corrected chi connectivity index (χ0v) is 16.0. The number of aryl methyl sites for hydroxylation is 1. The fraction of sp³-hybridized carbons (Fsp3) is 0.409. The molecule has 1 aromatic carbocycles. The molecule has 1 fully saturated rings. The Kier molecular flexibility index (Phi) is 4.56. The van der Waals surface area contributed by atoms with Crippen LogP contribution >= 0.6 is 0 Å². The van der Waals surface area contributed by atoms with Crippen molar-refractivity contribution in [2.75, 3.05) is 13.3 Å². The van der Waals surface area contributed by atoms with Crippen molar-refractivity contribution < 1.29 is 18.4 Å². The summed E-state index contributed by atoms with van der Waals surface area (Å²) in [6.07, 6.45) is 4.72. The first-order valence-corrected chi connectivity index (χ1v) is 9.92. The van der Waals surface area contributed by atoms with Gasteiger partial charge in [-0.25, -0.2) is 0 Å². The molecular formula is C22H24N2O4. The molecule has 6 nitrogen and oxygen atoms in total. The van der Waals surface area contributed by atoms with E-state index < -0.39 is 0 Å². The van der Waals surface area contributed by atoms with Gasteiger partial charge in [-0.1, -0.05) is 18.0 Å². The highest BCUT2D eigenvalue weighted by Crippen LogP contribution is 2.38. The van der Waals surface area contributed by atoms with Gasteiger partial charge in [0.15, 0.2) is 17.3 Å². The summed E-state index contributed by atoms with van der Waals surface area (Å²) >= 11 is 0. The van der Waals surface area contributed by atoms with Crippen molar-refractivity contribution in [3.05, 3.63) is 53.6 Å². The van der Waals surface area contributed by atoms with Crippen LogP contribution in [0, 0.1) is 6.92 Å².